The topological polar surface area (TPSA) is 110 Å². The fourth-order valence-corrected chi connectivity index (χ4v) is 2.94. The monoisotopic (exact) mass is 404 g/mol. The van der Waals surface area contributed by atoms with Crippen LogP contribution in [0.5, 0.6) is 0 Å². The van der Waals surface area contributed by atoms with E-state index in [9.17, 15) is 24.8 Å². The number of rotatable bonds is 6. The zero-order chi connectivity index (χ0) is 21.1. The predicted molar refractivity (Wildman–Crippen MR) is 106 cm³/mol. The number of aliphatic carboxylic acids is 1. The maximum Gasteiger partial charge on any atom is 0.305 e. The molecule has 2 aromatic carbocycles. The molecule has 0 spiro atoms. The zero-order valence-corrected chi connectivity index (χ0v) is 16.5. The highest BCUT2D eigenvalue weighted by molar-refractivity contribution is 6.31. The summed E-state index contributed by atoms with van der Waals surface area (Å²) in [7, 11) is 0. The summed E-state index contributed by atoms with van der Waals surface area (Å²) in [5.74, 6) is -1.66. The van der Waals surface area contributed by atoms with Crippen LogP contribution in [0.15, 0.2) is 42.5 Å². The van der Waals surface area contributed by atoms with E-state index in [-0.39, 0.29) is 21.7 Å². The number of carboxylic acid groups (broad SMARTS) is 1. The fraction of sp³-hybridized carbons (Fsp3) is 0.300. The van der Waals surface area contributed by atoms with Crippen molar-refractivity contribution in [3.63, 3.8) is 0 Å². The Morgan fingerprint density at radius 3 is 2.29 bits per heavy atom. The van der Waals surface area contributed by atoms with Gasteiger partial charge in [-0.15, -0.1) is 0 Å². The molecule has 0 fully saturated rings. The highest BCUT2D eigenvalue weighted by Crippen LogP contribution is 2.30. The summed E-state index contributed by atoms with van der Waals surface area (Å²) in [5.41, 5.74) is 1.27. The van der Waals surface area contributed by atoms with E-state index in [0.29, 0.717) is 5.56 Å². The molecule has 8 heteroatoms. The van der Waals surface area contributed by atoms with Crippen LogP contribution >= 0.6 is 11.6 Å². The lowest BCUT2D eigenvalue weighted by atomic mass is 9.86. The van der Waals surface area contributed by atoms with Crippen molar-refractivity contribution in [1.82, 2.24) is 5.32 Å². The number of hydrogen-bond donors (Lipinski definition) is 2. The number of nitrogens with one attached hydrogen (secondary N) is 1. The van der Waals surface area contributed by atoms with Crippen LogP contribution < -0.4 is 5.32 Å². The molecule has 148 valence electrons. The van der Waals surface area contributed by atoms with Crippen molar-refractivity contribution in [2.45, 2.75) is 38.6 Å². The minimum absolute atomic E-state index is 0.0721. The first-order valence-electron chi connectivity index (χ1n) is 8.56. The number of nitro benzene ring substituents is 1. The van der Waals surface area contributed by atoms with Crippen LogP contribution in [0.1, 0.15) is 54.7 Å². The van der Waals surface area contributed by atoms with E-state index in [4.69, 9.17) is 11.6 Å². The molecular weight excluding hydrogens is 384 g/mol. The second-order valence-electron chi connectivity index (χ2n) is 7.41. The molecule has 0 aliphatic heterocycles. The molecule has 2 aromatic rings. The highest BCUT2D eigenvalue weighted by Gasteiger charge is 2.24. The average Bonchev–Trinajstić information content (AvgIpc) is 2.60. The number of benzene rings is 2. The summed E-state index contributed by atoms with van der Waals surface area (Å²) < 4.78 is 0. The van der Waals surface area contributed by atoms with Crippen LogP contribution in [0.2, 0.25) is 5.02 Å². The van der Waals surface area contributed by atoms with Gasteiger partial charge in [0.05, 0.1) is 17.4 Å². The van der Waals surface area contributed by atoms with Gasteiger partial charge >= 0.3 is 5.97 Å². The number of carbonyl (C=O) groups is 2. The number of halogens is 1. The summed E-state index contributed by atoms with van der Waals surface area (Å²) in [6, 6.07) is 9.68. The number of carbonyl (C=O) groups excluding carboxylic acids is 1. The standard InChI is InChI=1S/C20H21ClN2O5/c1-20(2,3)13-6-4-12(5-7-13)19(26)22-17(11-18(24)25)15-10-14(23(27)28)8-9-16(15)21/h4-10,17H,11H2,1-3H3,(H,22,26)(H,24,25)/t17-/m0/s1. The Balaban J connectivity index is 2.32. The molecule has 0 aliphatic carbocycles. The number of amides is 1. The van der Waals surface area contributed by atoms with E-state index in [0.717, 1.165) is 5.56 Å². The van der Waals surface area contributed by atoms with E-state index in [1.807, 2.05) is 12.1 Å². The quantitative estimate of drug-likeness (QED) is 0.544. The third kappa shape index (κ3) is 5.29. The molecule has 28 heavy (non-hydrogen) atoms. The number of nitrogens with zero attached hydrogens (tertiary/aromatic N) is 1. The Labute approximate surface area is 167 Å². The van der Waals surface area contributed by atoms with Gasteiger partial charge in [0.2, 0.25) is 0 Å². The average molecular weight is 405 g/mol. The lowest BCUT2D eigenvalue weighted by Crippen LogP contribution is -2.30. The normalized spacial score (nSPS) is 12.3. The van der Waals surface area contributed by atoms with Crippen LogP contribution in [0.25, 0.3) is 0 Å². The molecule has 1 atom stereocenters. The molecule has 2 rings (SSSR count). The first-order valence-corrected chi connectivity index (χ1v) is 8.94. The van der Waals surface area contributed by atoms with Crippen molar-refractivity contribution in [2.24, 2.45) is 0 Å². The molecule has 0 aromatic heterocycles. The van der Waals surface area contributed by atoms with E-state index in [1.165, 1.54) is 18.2 Å². The van der Waals surface area contributed by atoms with Gasteiger partial charge in [-0.05, 0) is 29.2 Å². The van der Waals surface area contributed by atoms with Gasteiger partial charge in [-0.3, -0.25) is 19.7 Å². The molecule has 1 amide bonds. The zero-order valence-electron chi connectivity index (χ0n) is 15.7. The second kappa shape index (κ2) is 8.39. The smallest absolute Gasteiger partial charge is 0.305 e. The van der Waals surface area contributed by atoms with Gasteiger partial charge in [-0.2, -0.15) is 0 Å². The van der Waals surface area contributed by atoms with Crippen molar-refractivity contribution < 1.29 is 19.6 Å². The Morgan fingerprint density at radius 2 is 1.79 bits per heavy atom. The largest absolute Gasteiger partial charge is 0.481 e. The van der Waals surface area contributed by atoms with E-state index >= 15 is 0 Å². The summed E-state index contributed by atoms with van der Waals surface area (Å²) in [6.07, 6.45) is -0.466. The number of non-ortho nitro benzene ring substituents is 1. The molecule has 0 bridgehead atoms. The molecule has 2 N–H and O–H groups in total. The van der Waals surface area contributed by atoms with Gasteiger partial charge in [0, 0.05) is 28.3 Å². The molecule has 0 aliphatic rings. The van der Waals surface area contributed by atoms with Crippen LogP contribution in [-0.4, -0.2) is 21.9 Å². The SMILES string of the molecule is CC(C)(C)c1ccc(C(=O)N[C@@H](CC(=O)O)c2cc([N+](=O)[O-])ccc2Cl)cc1. The molecule has 0 radical (unpaired) electrons. The summed E-state index contributed by atoms with van der Waals surface area (Å²) in [4.78, 5) is 34.3. The fourth-order valence-electron chi connectivity index (χ4n) is 2.69. The van der Waals surface area contributed by atoms with Crippen LogP contribution in [-0.2, 0) is 10.2 Å². The highest BCUT2D eigenvalue weighted by atomic mass is 35.5. The van der Waals surface area contributed by atoms with Crippen molar-refractivity contribution in [2.75, 3.05) is 0 Å². The van der Waals surface area contributed by atoms with Gasteiger partial charge in [0.15, 0.2) is 0 Å². The van der Waals surface area contributed by atoms with Gasteiger partial charge in [0.25, 0.3) is 11.6 Å². The maximum absolute atomic E-state index is 12.6. The lowest BCUT2D eigenvalue weighted by molar-refractivity contribution is -0.384. The first-order chi connectivity index (χ1) is 13.0. The number of hydrogen-bond acceptors (Lipinski definition) is 4. The van der Waals surface area contributed by atoms with E-state index < -0.39 is 29.3 Å². The van der Waals surface area contributed by atoms with E-state index in [2.05, 4.69) is 26.1 Å². The molecule has 0 heterocycles. The maximum atomic E-state index is 12.6. The molecule has 0 saturated heterocycles. The van der Waals surface area contributed by atoms with Crippen molar-refractivity contribution in [3.05, 3.63) is 74.3 Å². The third-order valence-electron chi connectivity index (χ3n) is 4.26. The Kier molecular flexibility index (Phi) is 6.41. The van der Waals surface area contributed by atoms with Crippen LogP contribution in [0.3, 0.4) is 0 Å². The predicted octanol–water partition coefficient (Wildman–Crippen LogP) is 4.49. The minimum atomic E-state index is -1.17. The van der Waals surface area contributed by atoms with Crippen molar-refractivity contribution in [1.29, 1.82) is 0 Å². The van der Waals surface area contributed by atoms with E-state index in [1.54, 1.807) is 12.1 Å². The Hall–Kier alpha value is -2.93. The van der Waals surface area contributed by atoms with Gasteiger partial charge in [-0.1, -0.05) is 44.5 Å². The number of carboxylic acids is 1. The number of nitro groups is 1. The van der Waals surface area contributed by atoms with Gasteiger partial charge < -0.3 is 10.4 Å². The Bertz CT molecular complexity index is 904. The van der Waals surface area contributed by atoms with Crippen LogP contribution in [0.4, 0.5) is 5.69 Å². The van der Waals surface area contributed by atoms with Crippen LogP contribution in [0, 0.1) is 10.1 Å². The van der Waals surface area contributed by atoms with Gasteiger partial charge in [0.1, 0.15) is 0 Å². The first kappa shape index (κ1) is 21.4. The van der Waals surface area contributed by atoms with Gasteiger partial charge in [-0.25, -0.2) is 0 Å². The second-order valence-corrected chi connectivity index (χ2v) is 7.82. The summed E-state index contributed by atoms with van der Waals surface area (Å²) in [6.45, 7) is 6.15. The molecule has 7 nitrogen and oxygen atoms in total. The molecule has 0 saturated carbocycles. The lowest BCUT2D eigenvalue weighted by Gasteiger charge is -2.20. The molecular formula is C20H21ClN2O5. The minimum Gasteiger partial charge on any atom is -0.481 e. The van der Waals surface area contributed by atoms with Crippen molar-refractivity contribution in [3.8, 4) is 0 Å². The van der Waals surface area contributed by atoms with Crippen molar-refractivity contribution >= 4 is 29.2 Å². The third-order valence-corrected chi connectivity index (χ3v) is 4.61. The molecule has 0 unspecified atom stereocenters. The summed E-state index contributed by atoms with van der Waals surface area (Å²) in [5, 5.41) is 23.0. The Morgan fingerprint density at radius 1 is 1.18 bits per heavy atom. The summed E-state index contributed by atoms with van der Waals surface area (Å²) >= 11 is 6.11.